The number of pyridine rings is 1. The summed E-state index contributed by atoms with van der Waals surface area (Å²) in [6.07, 6.45) is 18.0. The van der Waals surface area contributed by atoms with E-state index in [0.29, 0.717) is 0 Å². The van der Waals surface area contributed by atoms with Gasteiger partial charge in [0.05, 0.1) is 5.69 Å². The van der Waals surface area contributed by atoms with Gasteiger partial charge in [-0.25, -0.2) is 0 Å². The van der Waals surface area contributed by atoms with Gasteiger partial charge < -0.3 is 0 Å². The molecule has 0 atom stereocenters. The highest BCUT2D eigenvalue weighted by Gasteiger charge is 2.03. The average Bonchev–Trinajstić information content (AvgIpc) is 2.44. The van der Waals surface area contributed by atoms with Crippen molar-refractivity contribution in [2.75, 3.05) is 0 Å². The molecule has 1 aromatic rings. The van der Waals surface area contributed by atoms with Crippen molar-refractivity contribution in [1.29, 1.82) is 0 Å². The van der Waals surface area contributed by atoms with Crippen LogP contribution in [0.1, 0.15) is 37.6 Å². The van der Waals surface area contributed by atoms with Crippen LogP contribution in [0.3, 0.4) is 0 Å². The van der Waals surface area contributed by atoms with Crippen LogP contribution >= 0.6 is 0 Å². The van der Waals surface area contributed by atoms with Gasteiger partial charge in [0, 0.05) is 6.20 Å². The van der Waals surface area contributed by atoms with Crippen LogP contribution in [-0.2, 0) is 0 Å². The predicted octanol–water partition coefficient (Wildman–Crippen LogP) is 5.29. The van der Waals surface area contributed by atoms with Gasteiger partial charge in [-0.3, -0.25) is 4.98 Å². The van der Waals surface area contributed by atoms with Crippen LogP contribution in [-0.4, -0.2) is 4.98 Å². The molecule has 0 aliphatic rings. The second-order valence-corrected chi connectivity index (χ2v) is 4.05. The molecule has 1 nitrogen and oxygen atoms in total. The van der Waals surface area contributed by atoms with Gasteiger partial charge >= 0.3 is 0 Å². The second-order valence-electron chi connectivity index (χ2n) is 4.05. The molecule has 19 heavy (non-hydrogen) atoms. The number of rotatable bonds is 5. The number of hydrogen-bond acceptors (Lipinski definition) is 1. The minimum Gasteiger partial charge on any atom is -0.256 e. The summed E-state index contributed by atoms with van der Waals surface area (Å²) in [5.74, 6) is 0. The molecular formula is C18H21N. The fraction of sp³-hybridized carbons (Fsp3) is 0.167. The summed E-state index contributed by atoms with van der Waals surface area (Å²) in [6.45, 7) is 9.84. The topological polar surface area (TPSA) is 12.9 Å². The molecule has 1 heteroatoms. The summed E-state index contributed by atoms with van der Waals surface area (Å²) >= 11 is 0. The van der Waals surface area contributed by atoms with Gasteiger partial charge in [-0.1, -0.05) is 55.2 Å². The average molecular weight is 251 g/mol. The zero-order valence-electron chi connectivity index (χ0n) is 11.9. The molecular weight excluding hydrogens is 230 g/mol. The highest BCUT2D eigenvalue weighted by atomic mass is 14.7. The fourth-order valence-corrected chi connectivity index (χ4v) is 1.74. The van der Waals surface area contributed by atoms with Gasteiger partial charge in [0.2, 0.25) is 0 Å². The van der Waals surface area contributed by atoms with Gasteiger partial charge in [0.15, 0.2) is 0 Å². The van der Waals surface area contributed by atoms with Crippen molar-refractivity contribution in [3.8, 4) is 0 Å². The summed E-state index contributed by atoms with van der Waals surface area (Å²) < 4.78 is 0. The largest absolute Gasteiger partial charge is 0.256 e. The molecule has 0 aromatic carbocycles. The maximum Gasteiger partial charge on any atom is 0.0708 e. The fourth-order valence-electron chi connectivity index (χ4n) is 1.74. The molecule has 0 radical (unpaired) electrons. The first kappa shape index (κ1) is 14.9. The summed E-state index contributed by atoms with van der Waals surface area (Å²) in [5, 5.41) is 0. The van der Waals surface area contributed by atoms with Crippen LogP contribution in [0.15, 0.2) is 55.3 Å². The van der Waals surface area contributed by atoms with Gasteiger partial charge in [0.25, 0.3) is 0 Å². The van der Waals surface area contributed by atoms with Crippen molar-refractivity contribution in [3.05, 3.63) is 72.1 Å². The highest BCUT2D eigenvalue weighted by molar-refractivity contribution is 5.76. The normalized spacial score (nSPS) is 12.9. The Kier molecular flexibility index (Phi) is 6.31. The summed E-state index contributed by atoms with van der Waals surface area (Å²) in [6, 6.07) is 2.09. The Labute approximate surface area is 116 Å². The van der Waals surface area contributed by atoms with E-state index in [9.17, 15) is 0 Å². The third kappa shape index (κ3) is 4.22. The lowest BCUT2D eigenvalue weighted by Crippen LogP contribution is -1.91. The lowest BCUT2D eigenvalue weighted by molar-refractivity contribution is 1.26. The van der Waals surface area contributed by atoms with E-state index in [1.165, 1.54) is 0 Å². The van der Waals surface area contributed by atoms with E-state index >= 15 is 0 Å². The molecule has 0 aliphatic carbocycles. The van der Waals surface area contributed by atoms with Crippen molar-refractivity contribution in [3.63, 3.8) is 0 Å². The Balaban J connectivity index is 3.32. The molecule has 1 rings (SSSR count). The predicted molar refractivity (Wildman–Crippen MR) is 86.6 cm³/mol. The molecule has 98 valence electrons. The number of hydrogen-bond donors (Lipinski definition) is 0. The molecule has 0 N–H and O–H groups in total. The minimum absolute atomic E-state index is 0.968. The van der Waals surface area contributed by atoms with Gasteiger partial charge in [-0.2, -0.15) is 0 Å². The lowest BCUT2D eigenvalue weighted by Gasteiger charge is -2.06. The molecule has 0 saturated carbocycles. The first-order valence-electron chi connectivity index (χ1n) is 6.48. The Bertz CT molecular complexity index is 543. The zero-order chi connectivity index (χ0) is 14.1. The van der Waals surface area contributed by atoms with Crippen LogP contribution in [0.4, 0.5) is 0 Å². The molecule has 0 amide bonds. The molecule has 0 aliphatic heterocycles. The lowest BCUT2D eigenvalue weighted by atomic mass is 10.0. The van der Waals surface area contributed by atoms with Crippen molar-refractivity contribution < 1.29 is 0 Å². The summed E-state index contributed by atoms with van der Waals surface area (Å²) in [5.41, 5.74) is 4.25. The van der Waals surface area contributed by atoms with E-state index in [-0.39, 0.29) is 0 Å². The van der Waals surface area contributed by atoms with Crippen molar-refractivity contribution >= 4 is 17.7 Å². The molecule has 0 fully saturated rings. The monoisotopic (exact) mass is 251 g/mol. The number of aromatic nitrogens is 1. The van der Waals surface area contributed by atoms with Crippen molar-refractivity contribution in [2.45, 2.75) is 20.8 Å². The molecule has 1 aromatic heterocycles. The molecule has 0 saturated heterocycles. The van der Waals surface area contributed by atoms with Crippen molar-refractivity contribution in [2.24, 2.45) is 0 Å². The van der Waals surface area contributed by atoms with E-state index in [4.69, 9.17) is 0 Å². The van der Waals surface area contributed by atoms with Crippen LogP contribution < -0.4 is 0 Å². The van der Waals surface area contributed by atoms with Crippen LogP contribution in [0.25, 0.3) is 17.7 Å². The van der Waals surface area contributed by atoms with Crippen LogP contribution in [0, 0.1) is 0 Å². The Morgan fingerprint density at radius 2 is 1.89 bits per heavy atom. The van der Waals surface area contributed by atoms with Crippen molar-refractivity contribution in [1.82, 2.24) is 4.98 Å². The standard InChI is InChI=1S/C18H21N/c1-5-9-12-16(10-6-2)18-13-17(11-7-3)15(8-4)14-19-18/h5-14H,4H2,1-3H3/b9-5-,10-6-,11-7-,16-12+. The van der Waals surface area contributed by atoms with E-state index < -0.39 is 0 Å². The molecule has 0 spiro atoms. The number of allylic oxidation sites excluding steroid dienone is 7. The SMILES string of the molecule is C=Cc1cnc(C(/C=C\C)=C/C=C\C)cc1/C=C\C. The molecule has 0 bridgehead atoms. The van der Waals surface area contributed by atoms with E-state index in [0.717, 1.165) is 22.4 Å². The first-order valence-corrected chi connectivity index (χ1v) is 6.48. The first-order chi connectivity index (χ1) is 9.26. The third-order valence-corrected chi connectivity index (χ3v) is 2.64. The maximum atomic E-state index is 4.51. The van der Waals surface area contributed by atoms with Crippen LogP contribution in [0.5, 0.6) is 0 Å². The number of nitrogens with zero attached hydrogens (tertiary/aromatic N) is 1. The van der Waals surface area contributed by atoms with E-state index in [1.807, 2.05) is 57.3 Å². The second kappa shape index (κ2) is 8.04. The summed E-state index contributed by atoms with van der Waals surface area (Å²) in [7, 11) is 0. The van der Waals surface area contributed by atoms with Gasteiger partial charge in [-0.15, -0.1) is 0 Å². The Morgan fingerprint density at radius 1 is 1.11 bits per heavy atom. The van der Waals surface area contributed by atoms with E-state index in [1.54, 1.807) is 0 Å². The maximum absolute atomic E-state index is 4.51. The van der Waals surface area contributed by atoms with Gasteiger partial charge in [-0.05, 0) is 43.5 Å². The minimum atomic E-state index is 0.968. The zero-order valence-corrected chi connectivity index (χ0v) is 11.9. The Morgan fingerprint density at radius 3 is 2.47 bits per heavy atom. The van der Waals surface area contributed by atoms with Gasteiger partial charge in [0.1, 0.15) is 0 Å². The molecule has 1 heterocycles. The Hall–Kier alpha value is -2.15. The van der Waals surface area contributed by atoms with Crippen LogP contribution in [0.2, 0.25) is 0 Å². The quantitative estimate of drug-likeness (QED) is 0.648. The molecule has 0 unspecified atom stereocenters. The summed E-state index contributed by atoms with van der Waals surface area (Å²) in [4.78, 5) is 4.51. The third-order valence-electron chi connectivity index (χ3n) is 2.64. The van der Waals surface area contributed by atoms with E-state index in [2.05, 4.69) is 35.9 Å². The smallest absolute Gasteiger partial charge is 0.0708 e. The highest BCUT2D eigenvalue weighted by Crippen LogP contribution is 2.19.